The zero-order valence-electron chi connectivity index (χ0n) is 14.4. The highest BCUT2D eigenvalue weighted by atomic mass is 32.1. The van der Waals surface area contributed by atoms with Gasteiger partial charge in [0.05, 0.1) is 5.52 Å². The monoisotopic (exact) mass is 370 g/mol. The summed E-state index contributed by atoms with van der Waals surface area (Å²) in [4.78, 5) is 25.5. The third-order valence-electron chi connectivity index (χ3n) is 3.84. The van der Waals surface area contributed by atoms with Crippen molar-refractivity contribution >= 4 is 33.3 Å². The third kappa shape index (κ3) is 3.11. The van der Waals surface area contributed by atoms with Crippen LogP contribution in [0.15, 0.2) is 41.7 Å². The van der Waals surface area contributed by atoms with Gasteiger partial charge in [0.15, 0.2) is 0 Å². The van der Waals surface area contributed by atoms with Crippen molar-refractivity contribution in [3.8, 4) is 5.75 Å². The predicted molar refractivity (Wildman–Crippen MR) is 102 cm³/mol. The summed E-state index contributed by atoms with van der Waals surface area (Å²) in [7, 11) is 0. The van der Waals surface area contributed by atoms with Crippen LogP contribution in [0.25, 0.3) is 10.9 Å². The number of carbonyl (C=O) groups excluding carboxylic acids is 1. The normalized spacial score (nSPS) is 11.0. The average molecular weight is 370 g/mol. The number of aromatic hydroxyl groups is 1. The van der Waals surface area contributed by atoms with Gasteiger partial charge in [-0.2, -0.15) is 0 Å². The van der Waals surface area contributed by atoms with Crippen LogP contribution in [-0.2, 0) is 6.54 Å². The van der Waals surface area contributed by atoms with Crippen LogP contribution in [-0.4, -0.2) is 25.8 Å². The van der Waals surface area contributed by atoms with Crippen molar-refractivity contribution in [3.05, 3.63) is 57.8 Å². The summed E-state index contributed by atoms with van der Waals surface area (Å²) in [5.41, 5.74) is -0.386. The van der Waals surface area contributed by atoms with Gasteiger partial charge in [-0.1, -0.05) is 43.4 Å². The van der Waals surface area contributed by atoms with E-state index in [0.29, 0.717) is 10.9 Å². The fourth-order valence-electron chi connectivity index (χ4n) is 2.58. The molecule has 0 bridgehead atoms. The van der Waals surface area contributed by atoms with Gasteiger partial charge in [-0.3, -0.25) is 14.9 Å². The van der Waals surface area contributed by atoms with E-state index in [1.165, 1.54) is 15.9 Å². The van der Waals surface area contributed by atoms with E-state index in [2.05, 4.69) is 22.1 Å². The number of carbonyl (C=O) groups is 1. The average Bonchev–Trinajstić information content (AvgIpc) is 3.07. The Morgan fingerprint density at radius 3 is 2.77 bits per heavy atom. The molecule has 0 spiro atoms. The number of allylic oxidation sites excluding steroid dienone is 1. The lowest BCUT2D eigenvalue weighted by Crippen LogP contribution is -2.29. The van der Waals surface area contributed by atoms with E-state index in [0.717, 1.165) is 5.01 Å². The van der Waals surface area contributed by atoms with Crippen LogP contribution in [0.3, 0.4) is 0 Å². The number of aromatic nitrogens is 3. The Labute approximate surface area is 153 Å². The molecule has 7 nitrogen and oxygen atoms in total. The van der Waals surface area contributed by atoms with Crippen molar-refractivity contribution in [3.63, 3.8) is 0 Å². The molecule has 1 aromatic carbocycles. The maximum atomic E-state index is 12.8. The highest BCUT2D eigenvalue weighted by molar-refractivity contribution is 7.15. The Morgan fingerprint density at radius 1 is 1.38 bits per heavy atom. The number of fused-ring (bicyclic) bond motifs is 1. The lowest BCUT2D eigenvalue weighted by atomic mass is 10.1. The van der Waals surface area contributed by atoms with E-state index >= 15 is 0 Å². The van der Waals surface area contributed by atoms with Crippen molar-refractivity contribution in [2.24, 2.45) is 0 Å². The van der Waals surface area contributed by atoms with Crippen LogP contribution in [0, 0.1) is 0 Å². The quantitative estimate of drug-likeness (QED) is 0.673. The fourth-order valence-corrected chi connectivity index (χ4v) is 3.32. The van der Waals surface area contributed by atoms with E-state index in [4.69, 9.17) is 0 Å². The predicted octanol–water partition coefficient (Wildman–Crippen LogP) is 3.12. The standard InChI is InChI=1S/C18H18N4O3S/c1-4-9-22-12-8-6-5-7-11(12)14(23)13(17(22)25)15(24)19-18-21-20-16(26-18)10(2)3/h4-8,10,23H,1,9H2,2-3H3,(H,19,21,24). The van der Waals surface area contributed by atoms with Gasteiger partial charge in [0.2, 0.25) is 5.13 Å². The molecular weight excluding hydrogens is 352 g/mol. The highest BCUT2D eigenvalue weighted by Gasteiger charge is 2.23. The van der Waals surface area contributed by atoms with E-state index < -0.39 is 11.5 Å². The third-order valence-corrected chi connectivity index (χ3v) is 4.98. The summed E-state index contributed by atoms with van der Waals surface area (Å²) in [6.45, 7) is 7.80. The summed E-state index contributed by atoms with van der Waals surface area (Å²) in [6, 6.07) is 6.85. The minimum absolute atomic E-state index is 0.178. The molecule has 1 amide bonds. The van der Waals surface area contributed by atoms with Crippen molar-refractivity contribution in [2.75, 3.05) is 5.32 Å². The molecule has 0 aliphatic heterocycles. The maximum Gasteiger partial charge on any atom is 0.268 e. The Hall–Kier alpha value is -3.00. The van der Waals surface area contributed by atoms with Gasteiger partial charge in [-0.25, -0.2) is 0 Å². The number of anilines is 1. The summed E-state index contributed by atoms with van der Waals surface area (Å²) in [6.07, 6.45) is 1.56. The van der Waals surface area contributed by atoms with Gasteiger partial charge in [0.1, 0.15) is 16.3 Å². The molecule has 0 saturated carbocycles. The van der Waals surface area contributed by atoms with E-state index in [-0.39, 0.29) is 28.9 Å². The molecule has 2 aromatic heterocycles. The second-order valence-corrected chi connectivity index (χ2v) is 7.01. The lowest BCUT2D eigenvalue weighted by Gasteiger charge is -2.13. The molecule has 0 aliphatic carbocycles. The first-order valence-corrected chi connectivity index (χ1v) is 8.85. The molecule has 0 unspecified atom stereocenters. The number of hydrogen-bond donors (Lipinski definition) is 2. The summed E-state index contributed by atoms with van der Waals surface area (Å²) < 4.78 is 1.40. The topological polar surface area (TPSA) is 97.1 Å². The van der Waals surface area contributed by atoms with Crippen LogP contribution in [0.2, 0.25) is 0 Å². The van der Waals surface area contributed by atoms with Gasteiger partial charge >= 0.3 is 0 Å². The van der Waals surface area contributed by atoms with E-state index in [1.54, 1.807) is 30.3 Å². The molecule has 8 heteroatoms. The van der Waals surface area contributed by atoms with E-state index in [9.17, 15) is 14.7 Å². The zero-order chi connectivity index (χ0) is 18.8. The Morgan fingerprint density at radius 2 is 2.12 bits per heavy atom. The SMILES string of the molecule is C=CCn1c(=O)c(C(=O)Nc2nnc(C(C)C)s2)c(O)c2ccccc21. The Balaban J connectivity index is 2.09. The maximum absolute atomic E-state index is 12.8. The summed E-state index contributed by atoms with van der Waals surface area (Å²) in [5.74, 6) is -0.892. The molecule has 0 saturated heterocycles. The minimum atomic E-state index is -0.720. The molecule has 3 rings (SSSR count). The van der Waals surface area contributed by atoms with Crippen LogP contribution in [0.5, 0.6) is 5.75 Å². The molecule has 0 radical (unpaired) electrons. The number of amides is 1. The summed E-state index contributed by atoms with van der Waals surface area (Å²) >= 11 is 1.23. The number of hydrogen-bond acceptors (Lipinski definition) is 6. The second-order valence-electron chi connectivity index (χ2n) is 6.00. The second kappa shape index (κ2) is 7.09. The number of nitrogens with zero attached hydrogens (tertiary/aromatic N) is 3. The molecule has 0 fully saturated rings. The number of para-hydroxylation sites is 1. The van der Waals surface area contributed by atoms with Gasteiger partial charge in [0.25, 0.3) is 11.5 Å². The highest BCUT2D eigenvalue weighted by Crippen LogP contribution is 2.28. The molecule has 134 valence electrons. The lowest BCUT2D eigenvalue weighted by molar-refractivity contribution is 0.102. The van der Waals surface area contributed by atoms with Gasteiger partial charge in [-0.05, 0) is 12.1 Å². The summed E-state index contributed by atoms with van der Waals surface area (Å²) in [5, 5.41) is 22.5. The van der Waals surface area contributed by atoms with Crippen LogP contribution in [0.1, 0.15) is 35.1 Å². The molecule has 0 aliphatic rings. The smallest absolute Gasteiger partial charge is 0.268 e. The van der Waals surface area contributed by atoms with Gasteiger partial charge in [0, 0.05) is 17.8 Å². The molecular formula is C18H18N4O3S. The number of rotatable bonds is 5. The van der Waals surface area contributed by atoms with Crippen molar-refractivity contribution in [2.45, 2.75) is 26.3 Å². The van der Waals surface area contributed by atoms with Gasteiger partial charge in [-0.15, -0.1) is 16.8 Å². The van der Waals surface area contributed by atoms with Crippen LogP contribution in [0.4, 0.5) is 5.13 Å². The first kappa shape index (κ1) is 17.8. The van der Waals surface area contributed by atoms with Crippen molar-refractivity contribution < 1.29 is 9.90 Å². The largest absolute Gasteiger partial charge is 0.506 e. The van der Waals surface area contributed by atoms with E-state index in [1.807, 2.05) is 13.8 Å². The fraction of sp³-hybridized carbons (Fsp3) is 0.222. The van der Waals surface area contributed by atoms with Crippen molar-refractivity contribution in [1.29, 1.82) is 0 Å². The zero-order valence-corrected chi connectivity index (χ0v) is 15.2. The first-order chi connectivity index (χ1) is 12.4. The minimum Gasteiger partial charge on any atom is -0.506 e. The molecule has 0 atom stereocenters. The van der Waals surface area contributed by atoms with Gasteiger partial charge < -0.3 is 9.67 Å². The number of nitrogens with one attached hydrogen (secondary N) is 1. The van der Waals surface area contributed by atoms with Crippen LogP contribution < -0.4 is 10.9 Å². The first-order valence-electron chi connectivity index (χ1n) is 8.04. The number of benzene rings is 1. The molecule has 2 heterocycles. The molecule has 3 aromatic rings. The van der Waals surface area contributed by atoms with Crippen LogP contribution >= 0.6 is 11.3 Å². The van der Waals surface area contributed by atoms with Crippen molar-refractivity contribution in [1.82, 2.24) is 14.8 Å². The Kier molecular flexibility index (Phi) is 4.85. The Bertz CT molecular complexity index is 1050. The molecule has 26 heavy (non-hydrogen) atoms. The molecule has 2 N–H and O–H groups in total. The number of pyridine rings is 1.